The summed E-state index contributed by atoms with van der Waals surface area (Å²) in [5, 5.41) is 19.7. The highest BCUT2D eigenvalue weighted by Gasteiger charge is 2.23. The first-order chi connectivity index (χ1) is 14.1. The third-order valence-electron chi connectivity index (χ3n) is 4.85. The molecule has 1 aliphatic rings. The van der Waals surface area contributed by atoms with Crippen molar-refractivity contribution in [3.8, 4) is 11.4 Å². The van der Waals surface area contributed by atoms with Gasteiger partial charge in [0.2, 0.25) is 0 Å². The molecule has 0 bridgehead atoms. The summed E-state index contributed by atoms with van der Waals surface area (Å²) < 4.78 is 21.1. The minimum Gasteiger partial charge on any atom is -0.483 e. The first-order valence-electron chi connectivity index (χ1n) is 9.04. The number of carboxylic acid groups (broad SMARTS) is 1. The number of tetrazole rings is 1. The van der Waals surface area contributed by atoms with E-state index in [1.54, 1.807) is 18.5 Å². The van der Waals surface area contributed by atoms with Crippen LogP contribution in [-0.4, -0.2) is 59.4 Å². The van der Waals surface area contributed by atoms with Crippen LogP contribution in [0.15, 0.2) is 36.9 Å². The quantitative estimate of drug-likeness (QED) is 0.692. The molecule has 0 aliphatic carbocycles. The van der Waals surface area contributed by atoms with E-state index in [-0.39, 0.29) is 18.3 Å². The first kappa shape index (κ1) is 18.7. The molecule has 3 aromatic rings. The van der Waals surface area contributed by atoms with Crippen LogP contribution in [0.1, 0.15) is 30.1 Å². The van der Waals surface area contributed by atoms with Gasteiger partial charge < -0.3 is 14.7 Å². The van der Waals surface area contributed by atoms with Gasteiger partial charge in [0.25, 0.3) is 0 Å². The summed E-state index contributed by atoms with van der Waals surface area (Å²) >= 11 is 0. The zero-order chi connectivity index (χ0) is 20.2. The van der Waals surface area contributed by atoms with Crippen LogP contribution in [0.2, 0.25) is 0 Å². The van der Waals surface area contributed by atoms with E-state index in [0.717, 1.165) is 18.4 Å². The van der Waals surface area contributed by atoms with Crippen LogP contribution in [-0.2, 0) is 6.61 Å². The zero-order valence-electron chi connectivity index (χ0n) is 15.3. The molecule has 1 N–H and O–H groups in total. The van der Waals surface area contributed by atoms with E-state index in [1.165, 1.54) is 28.0 Å². The summed E-state index contributed by atoms with van der Waals surface area (Å²) in [5.74, 6) is 0.202. The molecule has 0 saturated carbocycles. The fraction of sp³-hybridized carbons (Fsp3) is 0.333. The molecule has 1 amide bonds. The molecule has 150 valence electrons. The molecular formula is C18H18FN7O3. The third kappa shape index (κ3) is 4.28. The molecule has 1 aromatic carbocycles. The molecule has 29 heavy (non-hydrogen) atoms. The molecule has 11 heteroatoms. The van der Waals surface area contributed by atoms with Crippen LogP contribution in [0.25, 0.3) is 5.69 Å². The molecule has 1 aliphatic heterocycles. The predicted octanol–water partition coefficient (Wildman–Crippen LogP) is 2.03. The van der Waals surface area contributed by atoms with Crippen LogP contribution in [0.4, 0.5) is 9.18 Å². The normalized spacial score (nSPS) is 14.7. The SMILES string of the molecule is O=C(O)N1CCC(c2cnc(COc3ccc(-n4cnnn4)cc3F)nc2)CC1. The maximum absolute atomic E-state index is 14.2. The smallest absolute Gasteiger partial charge is 0.407 e. The van der Waals surface area contributed by atoms with E-state index in [4.69, 9.17) is 9.84 Å². The van der Waals surface area contributed by atoms with Crippen molar-refractivity contribution < 1.29 is 19.0 Å². The van der Waals surface area contributed by atoms with Gasteiger partial charge in [-0.25, -0.2) is 23.8 Å². The second kappa shape index (κ2) is 8.17. The topological polar surface area (TPSA) is 119 Å². The number of nitrogens with zero attached hydrogens (tertiary/aromatic N) is 7. The van der Waals surface area contributed by atoms with Gasteiger partial charge in [0.05, 0.1) is 5.69 Å². The van der Waals surface area contributed by atoms with Gasteiger partial charge in [-0.1, -0.05) is 0 Å². The van der Waals surface area contributed by atoms with E-state index in [1.807, 2.05) is 0 Å². The van der Waals surface area contributed by atoms with Crippen molar-refractivity contribution in [3.63, 3.8) is 0 Å². The van der Waals surface area contributed by atoms with Gasteiger partial charge in [0.1, 0.15) is 12.9 Å². The van der Waals surface area contributed by atoms with Gasteiger partial charge in [-0.05, 0) is 46.9 Å². The molecule has 3 heterocycles. The number of benzene rings is 1. The minimum atomic E-state index is -0.884. The number of likely N-dealkylation sites (tertiary alicyclic amines) is 1. The lowest BCUT2D eigenvalue weighted by Gasteiger charge is -2.29. The molecule has 0 spiro atoms. The predicted molar refractivity (Wildman–Crippen MR) is 97.0 cm³/mol. The maximum Gasteiger partial charge on any atom is 0.407 e. The Hall–Kier alpha value is -3.63. The second-order valence-electron chi connectivity index (χ2n) is 6.63. The summed E-state index contributed by atoms with van der Waals surface area (Å²) in [6.07, 6.45) is 5.42. The fourth-order valence-electron chi connectivity index (χ4n) is 3.23. The van der Waals surface area contributed by atoms with E-state index in [0.29, 0.717) is 24.6 Å². The molecule has 1 fully saturated rings. The number of hydrogen-bond donors (Lipinski definition) is 1. The Morgan fingerprint density at radius 1 is 1.24 bits per heavy atom. The van der Waals surface area contributed by atoms with Crippen LogP contribution in [0.3, 0.4) is 0 Å². The Morgan fingerprint density at radius 2 is 2.00 bits per heavy atom. The Labute approximate surface area is 165 Å². The lowest BCUT2D eigenvalue weighted by atomic mass is 9.91. The Kier molecular flexibility index (Phi) is 5.27. The fourth-order valence-corrected chi connectivity index (χ4v) is 3.23. The molecule has 0 radical (unpaired) electrons. The number of amides is 1. The zero-order valence-corrected chi connectivity index (χ0v) is 15.3. The Balaban J connectivity index is 1.34. The number of carbonyl (C=O) groups is 1. The Bertz CT molecular complexity index is 974. The van der Waals surface area contributed by atoms with Crippen molar-refractivity contribution in [1.82, 2.24) is 35.1 Å². The van der Waals surface area contributed by atoms with Crippen molar-refractivity contribution in [2.75, 3.05) is 13.1 Å². The van der Waals surface area contributed by atoms with Gasteiger partial charge >= 0.3 is 6.09 Å². The summed E-state index contributed by atoms with van der Waals surface area (Å²) in [6, 6.07) is 4.41. The number of halogens is 1. The van der Waals surface area contributed by atoms with Crippen molar-refractivity contribution >= 4 is 6.09 Å². The summed E-state index contributed by atoms with van der Waals surface area (Å²) in [7, 11) is 0. The highest BCUT2D eigenvalue weighted by atomic mass is 19.1. The van der Waals surface area contributed by atoms with Crippen LogP contribution in [0.5, 0.6) is 5.75 Å². The molecule has 4 rings (SSSR count). The molecular weight excluding hydrogens is 381 g/mol. The number of rotatable bonds is 5. The molecule has 0 atom stereocenters. The maximum atomic E-state index is 14.2. The van der Waals surface area contributed by atoms with Crippen molar-refractivity contribution in [3.05, 3.63) is 54.1 Å². The number of ether oxygens (including phenoxy) is 1. The minimum absolute atomic E-state index is 0.0267. The van der Waals surface area contributed by atoms with E-state index >= 15 is 0 Å². The van der Waals surface area contributed by atoms with Crippen LogP contribution in [0, 0.1) is 5.82 Å². The average molecular weight is 399 g/mol. The summed E-state index contributed by atoms with van der Waals surface area (Å²) in [4.78, 5) is 21.0. The molecule has 0 unspecified atom stereocenters. The van der Waals surface area contributed by atoms with Crippen molar-refractivity contribution in [2.24, 2.45) is 0 Å². The average Bonchev–Trinajstić information content (AvgIpc) is 3.28. The molecule has 10 nitrogen and oxygen atoms in total. The summed E-state index contributed by atoms with van der Waals surface area (Å²) in [5.41, 5.74) is 1.45. The van der Waals surface area contributed by atoms with Gasteiger partial charge in [0, 0.05) is 31.5 Å². The number of aromatic nitrogens is 6. The monoisotopic (exact) mass is 399 g/mol. The lowest BCUT2D eigenvalue weighted by Crippen LogP contribution is -2.36. The second-order valence-corrected chi connectivity index (χ2v) is 6.63. The van der Waals surface area contributed by atoms with Crippen molar-refractivity contribution in [1.29, 1.82) is 0 Å². The summed E-state index contributed by atoms with van der Waals surface area (Å²) in [6.45, 7) is 1.04. The van der Waals surface area contributed by atoms with Crippen LogP contribution >= 0.6 is 0 Å². The number of hydrogen-bond acceptors (Lipinski definition) is 7. The van der Waals surface area contributed by atoms with Gasteiger partial charge in [-0.15, -0.1) is 5.10 Å². The van der Waals surface area contributed by atoms with E-state index in [9.17, 15) is 9.18 Å². The largest absolute Gasteiger partial charge is 0.483 e. The highest BCUT2D eigenvalue weighted by molar-refractivity contribution is 5.65. The Morgan fingerprint density at radius 3 is 2.62 bits per heavy atom. The number of piperidine rings is 1. The highest BCUT2D eigenvalue weighted by Crippen LogP contribution is 2.27. The van der Waals surface area contributed by atoms with E-state index < -0.39 is 11.9 Å². The van der Waals surface area contributed by atoms with E-state index in [2.05, 4.69) is 25.5 Å². The van der Waals surface area contributed by atoms with Crippen LogP contribution < -0.4 is 4.74 Å². The standard InChI is InChI=1S/C18H18FN7O3/c19-15-7-14(26-11-22-23-24-26)1-2-16(15)29-10-17-20-8-13(9-21-17)12-3-5-25(6-4-12)18(27)28/h1-2,7-9,11-12H,3-6,10H2,(H,27,28). The van der Waals surface area contributed by atoms with Crippen molar-refractivity contribution in [2.45, 2.75) is 25.4 Å². The lowest BCUT2D eigenvalue weighted by molar-refractivity contribution is 0.132. The third-order valence-corrected chi connectivity index (χ3v) is 4.85. The molecule has 1 saturated heterocycles. The van der Waals surface area contributed by atoms with Gasteiger partial charge in [-0.2, -0.15) is 0 Å². The molecule has 2 aromatic heterocycles. The van der Waals surface area contributed by atoms with Gasteiger partial charge in [-0.3, -0.25) is 0 Å². The van der Waals surface area contributed by atoms with Gasteiger partial charge in [0.15, 0.2) is 17.4 Å². The first-order valence-corrected chi connectivity index (χ1v) is 9.04.